The zero-order valence-electron chi connectivity index (χ0n) is 11.0. The molecule has 1 aromatic heterocycles. The molecule has 2 N–H and O–H groups in total. The summed E-state index contributed by atoms with van der Waals surface area (Å²) < 4.78 is 28.5. The van der Waals surface area contributed by atoms with Gasteiger partial charge in [-0.2, -0.15) is 8.78 Å². The van der Waals surface area contributed by atoms with Crippen LogP contribution in [0.5, 0.6) is 5.75 Å². The van der Waals surface area contributed by atoms with Gasteiger partial charge in [-0.1, -0.05) is 25.1 Å². The molecule has 0 aliphatic carbocycles. The van der Waals surface area contributed by atoms with Crippen LogP contribution < -0.4 is 10.5 Å². The second-order valence-corrected chi connectivity index (χ2v) is 4.52. The van der Waals surface area contributed by atoms with Gasteiger partial charge in [0.2, 0.25) is 0 Å². The summed E-state index contributed by atoms with van der Waals surface area (Å²) in [6.07, 6.45) is 1.72. The molecule has 0 amide bonds. The third-order valence-electron chi connectivity index (χ3n) is 3.18. The van der Waals surface area contributed by atoms with Crippen LogP contribution in [-0.4, -0.2) is 11.6 Å². The van der Waals surface area contributed by atoms with Crippen molar-refractivity contribution in [2.24, 2.45) is 5.73 Å². The topological polar surface area (TPSA) is 48.1 Å². The molecule has 5 heteroatoms. The van der Waals surface area contributed by atoms with Crippen molar-refractivity contribution in [1.82, 2.24) is 4.98 Å². The van der Waals surface area contributed by atoms with Crippen LogP contribution in [-0.2, 0) is 0 Å². The summed E-state index contributed by atoms with van der Waals surface area (Å²) in [6.45, 7) is -0.835. The van der Waals surface area contributed by atoms with Gasteiger partial charge in [0.15, 0.2) is 0 Å². The largest absolute Gasteiger partial charge is 0.435 e. The predicted octanol–water partition coefficient (Wildman–Crippen LogP) is 3.49. The first-order valence-electron chi connectivity index (χ1n) is 6.29. The summed E-state index contributed by atoms with van der Waals surface area (Å²) in [6, 6.07) is 11.8. The molecule has 0 bridgehead atoms. The molecule has 20 heavy (non-hydrogen) atoms. The Hall–Kier alpha value is -2.01. The molecule has 0 saturated carbocycles. The lowest BCUT2D eigenvalue weighted by atomic mass is 9.92. The molecule has 0 aliphatic heterocycles. The molecule has 0 radical (unpaired) electrons. The molecule has 3 nitrogen and oxygen atoms in total. The van der Waals surface area contributed by atoms with Gasteiger partial charge in [0.05, 0.1) is 0 Å². The minimum Gasteiger partial charge on any atom is -0.435 e. The van der Waals surface area contributed by atoms with E-state index < -0.39 is 6.61 Å². The Morgan fingerprint density at radius 1 is 1.10 bits per heavy atom. The van der Waals surface area contributed by atoms with Gasteiger partial charge in [0.25, 0.3) is 0 Å². The number of hydrogen-bond acceptors (Lipinski definition) is 3. The highest BCUT2D eigenvalue weighted by Crippen LogP contribution is 2.28. The molecule has 1 aromatic carbocycles. The van der Waals surface area contributed by atoms with Crippen molar-refractivity contribution < 1.29 is 13.5 Å². The van der Waals surface area contributed by atoms with Crippen LogP contribution in [0.2, 0.25) is 0 Å². The van der Waals surface area contributed by atoms with Gasteiger partial charge >= 0.3 is 6.61 Å². The van der Waals surface area contributed by atoms with Gasteiger partial charge in [0, 0.05) is 23.9 Å². The van der Waals surface area contributed by atoms with E-state index >= 15 is 0 Å². The highest BCUT2D eigenvalue weighted by atomic mass is 19.3. The predicted molar refractivity (Wildman–Crippen MR) is 72.7 cm³/mol. The second-order valence-electron chi connectivity index (χ2n) is 4.52. The Morgan fingerprint density at radius 3 is 2.35 bits per heavy atom. The zero-order chi connectivity index (χ0) is 14.5. The number of ether oxygens (including phenoxy) is 1. The maximum Gasteiger partial charge on any atom is 0.387 e. The van der Waals surface area contributed by atoms with Crippen LogP contribution in [0.3, 0.4) is 0 Å². The first-order chi connectivity index (χ1) is 9.58. The fourth-order valence-corrected chi connectivity index (χ4v) is 1.99. The first-order valence-corrected chi connectivity index (χ1v) is 6.29. The molecule has 0 aliphatic rings. The van der Waals surface area contributed by atoms with Crippen LogP contribution in [0.4, 0.5) is 8.78 Å². The SMILES string of the molecule is CC(c1ccccn1)C(N)c1ccc(OC(F)F)cc1. The van der Waals surface area contributed by atoms with Crippen molar-refractivity contribution in [2.75, 3.05) is 0 Å². The maximum absolute atomic E-state index is 12.1. The number of nitrogens with two attached hydrogens (primary N) is 1. The number of rotatable bonds is 5. The van der Waals surface area contributed by atoms with Crippen molar-refractivity contribution in [3.05, 3.63) is 59.9 Å². The highest BCUT2D eigenvalue weighted by molar-refractivity contribution is 5.31. The minimum absolute atomic E-state index is 0.0260. The van der Waals surface area contributed by atoms with Crippen LogP contribution in [0, 0.1) is 0 Å². The van der Waals surface area contributed by atoms with Gasteiger partial charge in [-0.3, -0.25) is 4.98 Å². The van der Waals surface area contributed by atoms with E-state index in [1.165, 1.54) is 12.1 Å². The van der Waals surface area contributed by atoms with Crippen molar-refractivity contribution in [3.8, 4) is 5.75 Å². The zero-order valence-corrected chi connectivity index (χ0v) is 11.0. The second kappa shape index (κ2) is 6.43. The van der Waals surface area contributed by atoms with Crippen molar-refractivity contribution in [2.45, 2.75) is 25.5 Å². The highest BCUT2D eigenvalue weighted by Gasteiger charge is 2.18. The van der Waals surface area contributed by atoms with Crippen LogP contribution in [0.15, 0.2) is 48.7 Å². The smallest absolute Gasteiger partial charge is 0.387 e. The van der Waals surface area contributed by atoms with Gasteiger partial charge in [-0.25, -0.2) is 0 Å². The lowest BCUT2D eigenvalue weighted by Gasteiger charge is -2.20. The van der Waals surface area contributed by atoms with Crippen LogP contribution in [0.25, 0.3) is 0 Å². The summed E-state index contributed by atoms with van der Waals surface area (Å²) in [4.78, 5) is 4.28. The molecule has 0 saturated heterocycles. The summed E-state index contributed by atoms with van der Waals surface area (Å²) in [5.74, 6) is 0.152. The van der Waals surface area contributed by atoms with Gasteiger partial charge in [0.1, 0.15) is 5.75 Å². The normalized spacial score (nSPS) is 14.1. The molecule has 2 unspecified atom stereocenters. The molecular weight excluding hydrogens is 262 g/mol. The molecule has 0 spiro atoms. The molecule has 2 aromatic rings. The van der Waals surface area contributed by atoms with E-state index in [0.29, 0.717) is 0 Å². The van der Waals surface area contributed by atoms with Crippen LogP contribution in [0.1, 0.15) is 30.1 Å². The molecular formula is C15H16F2N2O. The average molecular weight is 278 g/mol. The van der Waals surface area contributed by atoms with Gasteiger partial charge in [-0.15, -0.1) is 0 Å². The fraction of sp³-hybridized carbons (Fsp3) is 0.267. The van der Waals surface area contributed by atoms with E-state index in [4.69, 9.17) is 5.73 Å². The monoisotopic (exact) mass is 278 g/mol. The van der Waals surface area contributed by atoms with E-state index in [1.807, 2.05) is 25.1 Å². The quantitative estimate of drug-likeness (QED) is 0.910. The van der Waals surface area contributed by atoms with Crippen molar-refractivity contribution in [3.63, 3.8) is 0 Å². The number of hydrogen-bond donors (Lipinski definition) is 1. The number of nitrogens with zero attached hydrogens (tertiary/aromatic N) is 1. The molecule has 0 fully saturated rings. The third-order valence-corrected chi connectivity index (χ3v) is 3.18. The standard InChI is InChI=1S/C15H16F2N2O/c1-10(13-4-2-3-9-19-13)14(18)11-5-7-12(8-6-11)20-15(16)17/h2-10,14-15H,18H2,1H3. The summed E-state index contributed by atoms with van der Waals surface area (Å²) in [7, 11) is 0. The Kier molecular flexibility index (Phi) is 4.63. The van der Waals surface area contributed by atoms with E-state index in [-0.39, 0.29) is 17.7 Å². The first kappa shape index (κ1) is 14.4. The van der Waals surface area contributed by atoms with Crippen molar-refractivity contribution in [1.29, 1.82) is 0 Å². The Labute approximate surface area is 116 Å². The Balaban J connectivity index is 2.11. The number of halogens is 2. The fourth-order valence-electron chi connectivity index (χ4n) is 1.99. The van der Waals surface area contributed by atoms with E-state index in [0.717, 1.165) is 11.3 Å². The minimum atomic E-state index is -2.82. The summed E-state index contributed by atoms with van der Waals surface area (Å²) in [5, 5.41) is 0. The van der Waals surface area contributed by atoms with Crippen molar-refractivity contribution >= 4 is 0 Å². The summed E-state index contributed by atoms with van der Waals surface area (Å²) >= 11 is 0. The molecule has 1 heterocycles. The number of benzene rings is 1. The molecule has 2 atom stereocenters. The van der Waals surface area contributed by atoms with E-state index in [2.05, 4.69) is 9.72 Å². The van der Waals surface area contributed by atoms with Crippen LogP contribution >= 0.6 is 0 Å². The average Bonchev–Trinajstić information content (AvgIpc) is 2.47. The summed E-state index contributed by atoms with van der Waals surface area (Å²) in [5.41, 5.74) is 7.94. The Morgan fingerprint density at radius 2 is 1.80 bits per heavy atom. The number of alkyl halides is 2. The molecule has 106 valence electrons. The number of pyridine rings is 1. The van der Waals surface area contributed by atoms with Gasteiger partial charge in [-0.05, 0) is 29.8 Å². The number of aromatic nitrogens is 1. The lowest BCUT2D eigenvalue weighted by Crippen LogP contribution is -2.18. The molecule has 2 rings (SSSR count). The van der Waals surface area contributed by atoms with E-state index in [1.54, 1.807) is 18.3 Å². The lowest BCUT2D eigenvalue weighted by molar-refractivity contribution is -0.0498. The Bertz CT molecular complexity index is 531. The van der Waals surface area contributed by atoms with E-state index in [9.17, 15) is 8.78 Å². The third kappa shape index (κ3) is 3.51. The maximum atomic E-state index is 12.1. The van der Waals surface area contributed by atoms with Gasteiger partial charge < -0.3 is 10.5 Å².